The smallest absolute Gasteiger partial charge is 0.0912 e. The molecule has 50 valence electrons. The Balaban J connectivity index is 2.78. The number of hydrogen-bond acceptors (Lipinski definition) is 1. The average molecular weight is 197 g/mol. The zero-order chi connectivity index (χ0) is 7.40. The van der Waals surface area contributed by atoms with Gasteiger partial charge in [-0.1, -0.05) is 0 Å². The molecule has 0 atom stereocenters. The molecular formula is C7H5BrN2. The lowest BCUT2D eigenvalue weighted by Gasteiger charge is -1.77. The SMILES string of the molecule is N#CC=Cc1cc(Br)c[nH]1. The average Bonchev–Trinajstić information content (AvgIpc) is 2.31. The number of halogens is 1. The van der Waals surface area contributed by atoms with E-state index in [1.807, 2.05) is 18.3 Å². The second-order valence-electron chi connectivity index (χ2n) is 1.74. The number of nitrogens with zero attached hydrogens (tertiary/aromatic N) is 1. The van der Waals surface area contributed by atoms with Crippen molar-refractivity contribution in [3.05, 3.63) is 28.5 Å². The van der Waals surface area contributed by atoms with E-state index in [4.69, 9.17) is 5.26 Å². The van der Waals surface area contributed by atoms with Gasteiger partial charge in [0.25, 0.3) is 0 Å². The molecule has 0 fully saturated rings. The molecule has 1 aromatic heterocycles. The summed E-state index contributed by atoms with van der Waals surface area (Å²) in [6.07, 6.45) is 4.96. The van der Waals surface area contributed by atoms with E-state index < -0.39 is 0 Å². The van der Waals surface area contributed by atoms with Crippen LogP contribution in [0.3, 0.4) is 0 Å². The first-order valence-electron chi connectivity index (χ1n) is 2.73. The molecule has 1 heterocycles. The Kier molecular flexibility index (Phi) is 2.30. The van der Waals surface area contributed by atoms with Crippen LogP contribution in [0, 0.1) is 11.3 Å². The predicted molar refractivity (Wildman–Crippen MR) is 43.1 cm³/mol. The van der Waals surface area contributed by atoms with Crippen molar-refractivity contribution in [2.75, 3.05) is 0 Å². The van der Waals surface area contributed by atoms with E-state index in [0.717, 1.165) is 10.2 Å². The van der Waals surface area contributed by atoms with Crippen LogP contribution in [0.4, 0.5) is 0 Å². The molecule has 0 aliphatic rings. The molecular weight excluding hydrogens is 192 g/mol. The van der Waals surface area contributed by atoms with Crippen molar-refractivity contribution in [1.29, 1.82) is 5.26 Å². The molecule has 0 saturated heterocycles. The van der Waals surface area contributed by atoms with Gasteiger partial charge in [0.2, 0.25) is 0 Å². The highest BCUT2D eigenvalue weighted by Gasteiger charge is 1.88. The van der Waals surface area contributed by atoms with Crippen LogP contribution in [0.25, 0.3) is 6.08 Å². The number of aromatic amines is 1. The first kappa shape index (κ1) is 7.10. The summed E-state index contributed by atoms with van der Waals surface area (Å²) < 4.78 is 0.991. The number of nitrogens with one attached hydrogen (secondary N) is 1. The summed E-state index contributed by atoms with van der Waals surface area (Å²) in [5, 5.41) is 8.17. The second kappa shape index (κ2) is 3.23. The van der Waals surface area contributed by atoms with Crippen LogP contribution < -0.4 is 0 Å². The Morgan fingerprint density at radius 3 is 3.00 bits per heavy atom. The van der Waals surface area contributed by atoms with Gasteiger partial charge in [-0.3, -0.25) is 0 Å². The van der Waals surface area contributed by atoms with Gasteiger partial charge in [0.05, 0.1) is 6.07 Å². The van der Waals surface area contributed by atoms with Gasteiger partial charge in [0.15, 0.2) is 0 Å². The maximum absolute atomic E-state index is 8.17. The fourth-order valence-corrected chi connectivity index (χ4v) is 0.969. The Morgan fingerprint density at radius 1 is 1.70 bits per heavy atom. The van der Waals surface area contributed by atoms with Crippen LogP contribution in [0.2, 0.25) is 0 Å². The highest BCUT2D eigenvalue weighted by atomic mass is 79.9. The fraction of sp³-hybridized carbons (Fsp3) is 0. The quantitative estimate of drug-likeness (QED) is 0.689. The van der Waals surface area contributed by atoms with E-state index >= 15 is 0 Å². The number of nitriles is 1. The van der Waals surface area contributed by atoms with Crippen molar-refractivity contribution in [2.45, 2.75) is 0 Å². The normalized spacial score (nSPS) is 10.0. The van der Waals surface area contributed by atoms with Crippen LogP contribution in [0.5, 0.6) is 0 Å². The van der Waals surface area contributed by atoms with Gasteiger partial charge in [-0.25, -0.2) is 0 Å². The van der Waals surface area contributed by atoms with E-state index in [1.54, 1.807) is 6.08 Å². The molecule has 1 N–H and O–H groups in total. The molecule has 2 nitrogen and oxygen atoms in total. The lowest BCUT2D eigenvalue weighted by molar-refractivity contribution is 1.37. The van der Waals surface area contributed by atoms with Crippen molar-refractivity contribution in [1.82, 2.24) is 4.98 Å². The van der Waals surface area contributed by atoms with Crippen molar-refractivity contribution >= 4 is 22.0 Å². The van der Waals surface area contributed by atoms with Crippen LogP contribution in [0.15, 0.2) is 22.8 Å². The number of aromatic nitrogens is 1. The van der Waals surface area contributed by atoms with Gasteiger partial charge in [-0.15, -0.1) is 0 Å². The molecule has 0 spiro atoms. The van der Waals surface area contributed by atoms with Crippen molar-refractivity contribution in [2.24, 2.45) is 0 Å². The van der Waals surface area contributed by atoms with Crippen molar-refractivity contribution in [3.63, 3.8) is 0 Å². The minimum atomic E-state index is 0.924. The van der Waals surface area contributed by atoms with Crippen LogP contribution >= 0.6 is 15.9 Å². The largest absolute Gasteiger partial charge is 0.361 e. The lowest BCUT2D eigenvalue weighted by atomic mass is 10.4. The maximum atomic E-state index is 8.17. The van der Waals surface area contributed by atoms with Crippen molar-refractivity contribution in [3.8, 4) is 6.07 Å². The van der Waals surface area contributed by atoms with E-state index in [1.165, 1.54) is 6.08 Å². The summed E-state index contributed by atoms with van der Waals surface area (Å²) >= 11 is 3.28. The molecule has 3 heteroatoms. The minimum absolute atomic E-state index is 0.924. The lowest BCUT2D eigenvalue weighted by Crippen LogP contribution is -1.64. The molecule has 0 bridgehead atoms. The summed E-state index contributed by atoms with van der Waals surface area (Å²) in [6.45, 7) is 0. The molecule has 0 aliphatic carbocycles. The fourth-order valence-electron chi connectivity index (χ4n) is 0.607. The molecule has 0 amide bonds. The highest BCUT2D eigenvalue weighted by molar-refractivity contribution is 9.10. The van der Waals surface area contributed by atoms with Crippen LogP contribution in [-0.2, 0) is 0 Å². The summed E-state index contributed by atoms with van der Waals surface area (Å²) in [5.41, 5.74) is 0.924. The molecule has 0 aliphatic heterocycles. The maximum Gasteiger partial charge on any atom is 0.0912 e. The first-order chi connectivity index (χ1) is 4.83. The third kappa shape index (κ3) is 1.74. The molecule has 0 saturated carbocycles. The number of allylic oxidation sites excluding steroid dienone is 1. The van der Waals surface area contributed by atoms with Crippen molar-refractivity contribution < 1.29 is 0 Å². The summed E-state index contributed by atoms with van der Waals surface area (Å²) in [4.78, 5) is 2.96. The monoisotopic (exact) mass is 196 g/mol. The van der Waals surface area contributed by atoms with Gasteiger partial charge in [0, 0.05) is 22.4 Å². The zero-order valence-electron chi connectivity index (χ0n) is 5.13. The minimum Gasteiger partial charge on any atom is -0.361 e. The van der Waals surface area contributed by atoms with Gasteiger partial charge in [-0.05, 0) is 28.1 Å². The molecule has 1 rings (SSSR count). The number of H-pyrrole nitrogens is 1. The zero-order valence-corrected chi connectivity index (χ0v) is 6.72. The van der Waals surface area contributed by atoms with Gasteiger partial charge >= 0.3 is 0 Å². The van der Waals surface area contributed by atoms with Gasteiger partial charge in [-0.2, -0.15) is 5.26 Å². The summed E-state index contributed by atoms with van der Waals surface area (Å²) in [7, 11) is 0. The Labute approximate surface area is 67.3 Å². The molecule has 10 heavy (non-hydrogen) atoms. The van der Waals surface area contributed by atoms with Gasteiger partial charge < -0.3 is 4.98 Å². The number of hydrogen-bond donors (Lipinski definition) is 1. The summed E-state index contributed by atoms with van der Waals surface area (Å²) in [5.74, 6) is 0. The Hall–Kier alpha value is -1.01. The Morgan fingerprint density at radius 2 is 2.50 bits per heavy atom. The highest BCUT2D eigenvalue weighted by Crippen LogP contribution is 2.11. The second-order valence-corrected chi connectivity index (χ2v) is 2.65. The third-order valence-electron chi connectivity index (χ3n) is 1.01. The standard InChI is InChI=1S/C7H5BrN2/c8-6-4-7(10-5-6)2-1-3-9/h1-2,4-5,10H. The van der Waals surface area contributed by atoms with E-state index in [0.29, 0.717) is 0 Å². The first-order valence-corrected chi connectivity index (χ1v) is 3.52. The van der Waals surface area contributed by atoms with Gasteiger partial charge in [0.1, 0.15) is 0 Å². The van der Waals surface area contributed by atoms with E-state index in [9.17, 15) is 0 Å². The molecule has 0 unspecified atom stereocenters. The van der Waals surface area contributed by atoms with Crippen LogP contribution in [-0.4, -0.2) is 4.98 Å². The van der Waals surface area contributed by atoms with Crippen LogP contribution in [0.1, 0.15) is 5.69 Å². The topological polar surface area (TPSA) is 39.6 Å². The van der Waals surface area contributed by atoms with E-state index in [2.05, 4.69) is 20.9 Å². The third-order valence-corrected chi connectivity index (χ3v) is 1.47. The number of rotatable bonds is 1. The summed E-state index contributed by atoms with van der Waals surface area (Å²) in [6, 6.07) is 3.81. The van der Waals surface area contributed by atoms with E-state index in [-0.39, 0.29) is 0 Å². The molecule has 0 radical (unpaired) electrons. The predicted octanol–water partition coefficient (Wildman–Crippen LogP) is 2.31. The molecule has 0 aromatic carbocycles. The Bertz CT molecular complexity index is 280. The molecule has 1 aromatic rings.